The van der Waals surface area contributed by atoms with Crippen molar-refractivity contribution in [1.29, 1.82) is 0 Å². The molecule has 1 aliphatic rings. The normalized spacial score (nSPS) is 28.5. The molecule has 0 aliphatic heterocycles. The summed E-state index contributed by atoms with van der Waals surface area (Å²) in [6.45, 7) is 2.11. The van der Waals surface area contributed by atoms with E-state index in [1.54, 1.807) is 7.05 Å². The van der Waals surface area contributed by atoms with Gasteiger partial charge < -0.3 is 5.32 Å². The van der Waals surface area contributed by atoms with Gasteiger partial charge in [0.15, 0.2) is 0 Å². The van der Waals surface area contributed by atoms with E-state index in [4.69, 9.17) is 0 Å². The standard InChI is InChI=1S/C9H15NOS/c1-9(12-8(11)10-2)6-4-3-5-7-9/h4,6H,3,5,7H2,1-2H3,(H,10,11)/t9-/m0/s1. The van der Waals surface area contributed by atoms with Crippen LogP contribution in [0, 0.1) is 0 Å². The molecule has 0 fully saturated rings. The summed E-state index contributed by atoms with van der Waals surface area (Å²) in [6, 6.07) is 0. The molecule has 2 nitrogen and oxygen atoms in total. The Balaban J connectivity index is 2.53. The second-order valence-corrected chi connectivity index (χ2v) is 4.75. The summed E-state index contributed by atoms with van der Waals surface area (Å²) in [5, 5.41) is 2.69. The Kier molecular flexibility index (Phi) is 3.20. The van der Waals surface area contributed by atoms with Crippen LogP contribution in [0.15, 0.2) is 12.2 Å². The first kappa shape index (κ1) is 9.65. The Labute approximate surface area is 77.8 Å². The first-order valence-corrected chi connectivity index (χ1v) is 5.06. The van der Waals surface area contributed by atoms with Gasteiger partial charge in [-0.05, 0) is 26.2 Å². The number of nitrogens with one attached hydrogen (secondary N) is 1. The van der Waals surface area contributed by atoms with Crippen molar-refractivity contribution in [3.8, 4) is 0 Å². The highest BCUT2D eigenvalue weighted by molar-refractivity contribution is 8.14. The maximum absolute atomic E-state index is 11.1. The molecule has 12 heavy (non-hydrogen) atoms. The van der Waals surface area contributed by atoms with Crippen molar-refractivity contribution in [2.45, 2.75) is 30.9 Å². The van der Waals surface area contributed by atoms with Crippen LogP contribution in [-0.2, 0) is 0 Å². The van der Waals surface area contributed by atoms with Crippen molar-refractivity contribution in [2.75, 3.05) is 7.05 Å². The summed E-state index contributed by atoms with van der Waals surface area (Å²) in [7, 11) is 1.67. The average molecular weight is 185 g/mol. The molecule has 0 aromatic heterocycles. The highest BCUT2D eigenvalue weighted by Gasteiger charge is 2.26. The summed E-state index contributed by atoms with van der Waals surface area (Å²) >= 11 is 1.39. The number of hydrogen-bond donors (Lipinski definition) is 1. The predicted octanol–water partition coefficient (Wildman–Crippen LogP) is 2.56. The van der Waals surface area contributed by atoms with Crippen LogP contribution in [0.1, 0.15) is 26.2 Å². The minimum atomic E-state index is 0.0261. The molecule has 1 rings (SSSR count). The maximum Gasteiger partial charge on any atom is 0.279 e. The van der Waals surface area contributed by atoms with Crippen molar-refractivity contribution in [3.63, 3.8) is 0 Å². The summed E-state index contributed by atoms with van der Waals surface area (Å²) in [5.41, 5.74) is 0. The fourth-order valence-corrected chi connectivity index (χ4v) is 2.27. The Morgan fingerprint density at radius 2 is 2.42 bits per heavy atom. The predicted molar refractivity (Wildman–Crippen MR) is 53.4 cm³/mol. The molecular weight excluding hydrogens is 170 g/mol. The fourth-order valence-electron chi connectivity index (χ4n) is 1.33. The van der Waals surface area contributed by atoms with Crippen LogP contribution in [0.5, 0.6) is 0 Å². The Hall–Kier alpha value is -0.440. The second-order valence-electron chi connectivity index (χ2n) is 3.25. The lowest BCUT2D eigenvalue weighted by Crippen LogP contribution is -2.25. The fraction of sp³-hybridized carbons (Fsp3) is 0.667. The van der Waals surface area contributed by atoms with E-state index in [1.807, 2.05) is 0 Å². The molecule has 68 valence electrons. The average Bonchev–Trinajstić information content (AvgIpc) is 2.05. The van der Waals surface area contributed by atoms with E-state index in [-0.39, 0.29) is 9.99 Å². The van der Waals surface area contributed by atoms with E-state index in [0.29, 0.717) is 0 Å². The zero-order chi connectivity index (χ0) is 9.03. The zero-order valence-electron chi connectivity index (χ0n) is 7.59. The van der Waals surface area contributed by atoms with E-state index in [2.05, 4.69) is 24.4 Å². The van der Waals surface area contributed by atoms with Crippen LogP contribution in [0.25, 0.3) is 0 Å². The zero-order valence-corrected chi connectivity index (χ0v) is 8.41. The summed E-state index contributed by atoms with van der Waals surface area (Å²) in [4.78, 5) is 11.1. The van der Waals surface area contributed by atoms with Crippen LogP contribution in [-0.4, -0.2) is 17.0 Å². The number of rotatable bonds is 1. The number of amides is 1. The van der Waals surface area contributed by atoms with Gasteiger partial charge in [0, 0.05) is 11.8 Å². The van der Waals surface area contributed by atoms with Crippen molar-refractivity contribution >= 4 is 17.0 Å². The Morgan fingerprint density at radius 1 is 1.67 bits per heavy atom. The van der Waals surface area contributed by atoms with Gasteiger partial charge in [-0.3, -0.25) is 4.79 Å². The number of thioether (sulfide) groups is 1. The van der Waals surface area contributed by atoms with E-state index >= 15 is 0 Å². The first-order valence-electron chi connectivity index (χ1n) is 4.25. The molecule has 1 atom stereocenters. The molecule has 1 aliphatic carbocycles. The van der Waals surface area contributed by atoms with Crippen molar-refractivity contribution < 1.29 is 4.79 Å². The van der Waals surface area contributed by atoms with Crippen molar-refractivity contribution in [2.24, 2.45) is 0 Å². The molecule has 0 unspecified atom stereocenters. The molecule has 0 aromatic rings. The van der Waals surface area contributed by atoms with Gasteiger partial charge in [-0.2, -0.15) is 0 Å². The largest absolute Gasteiger partial charge is 0.350 e. The number of carbonyl (C=O) groups is 1. The molecule has 0 bridgehead atoms. The molecule has 0 saturated carbocycles. The lowest BCUT2D eigenvalue weighted by Gasteiger charge is -2.26. The van der Waals surface area contributed by atoms with Gasteiger partial charge in [0.1, 0.15) is 0 Å². The van der Waals surface area contributed by atoms with Gasteiger partial charge in [0.05, 0.1) is 0 Å². The number of allylic oxidation sites excluding steroid dienone is 1. The second kappa shape index (κ2) is 3.99. The summed E-state index contributed by atoms with van der Waals surface area (Å²) < 4.78 is 0.0261. The first-order chi connectivity index (χ1) is 5.66. The van der Waals surface area contributed by atoms with Crippen LogP contribution >= 0.6 is 11.8 Å². The summed E-state index contributed by atoms with van der Waals surface area (Å²) in [5.74, 6) is 0. The highest BCUT2D eigenvalue weighted by Crippen LogP contribution is 2.35. The molecule has 0 saturated heterocycles. The molecule has 0 spiro atoms. The highest BCUT2D eigenvalue weighted by atomic mass is 32.2. The lowest BCUT2D eigenvalue weighted by molar-refractivity contribution is 0.262. The maximum atomic E-state index is 11.1. The minimum Gasteiger partial charge on any atom is -0.350 e. The van der Waals surface area contributed by atoms with E-state index in [0.717, 1.165) is 12.8 Å². The smallest absolute Gasteiger partial charge is 0.279 e. The number of hydrogen-bond acceptors (Lipinski definition) is 2. The van der Waals surface area contributed by atoms with Crippen LogP contribution in [0.2, 0.25) is 0 Å². The molecule has 1 N–H and O–H groups in total. The van der Waals surface area contributed by atoms with E-state index < -0.39 is 0 Å². The molecule has 0 radical (unpaired) electrons. The monoisotopic (exact) mass is 185 g/mol. The molecule has 1 amide bonds. The molecular formula is C9H15NOS. The third kappa shape index (κ3) is 2.55. The van der Waals surface area contributed by atoms with Gasteiger partial charge in [-0.15, -0.1) is 0 Å². The third-order valence-corrected chi connectivity index (χ3v) is 3.24. The Morgan fingerprint density at radius 3 is 2.92 bits per heavy atom. The van der Waals surface area contributed by atoms with Gasteiger partial charge in [-0.25, -0.2) is 0 Å². The quantitative estimate of drug-likeness (QED) is 0.636. The van der Waals surface area contributed by atoms with Crippen LogP contribution in [0.3, 0.4) is 0 Å². The van der Waals surface area contributed by atoms with Gasteiger partial charge in [0.2, 0.25) is 0 Å². The van der Waals surface area contributed by atoms with Crippen LogP contribution < -0.4 is 5.32 Å². The van der Waals surface area contributed by atoms with E-state index in [1.165, 1.54) is 18.2 Å². The van der Waals surface area contributed by atoms with Crippen molar-refractivity contribution in [1.82, 2.24) is 5.32 Å². The van der Waals surface area contributed by atoms with Gasteiger partial charge in [0.25, 0.3) is 5.24 Å². The molecule has 0 heterocycles. The summed E-state index contributed by atoms with van der Waals surface area (Å²) in [6.07, 6.45) is 7.76. The van der Waals surface area contributed by atoms with Crippen LogP contribution in [0.4, 0.5) is 4.79 Å². The number of carbonyl (C=O) groups excluding carboxylic acids is 1. The van der Waals surface area contributed by atoms with Crippen molar-refractivity contribution in [3.05, 3.63) is 12.2 Å². The third-order valence-electron chi connectivity index (χ3n) is 2.04. The minimum absolute atomic E-state index is 0.0261. The topological polar surface area (TPSA) is 29.1 Å². The van der Waals surface area contributed by atoms with Gasteiger partial charge >= 0.3 is 0 Å². The molecule has 0 aromatic carbocycles. The Bertz CT molecular complexity index is 203. The molecule has 3 heteroatoms. The SMILES string of the molecule is CNC(=O)S[C@@]1(C)C=CCCC1. The van der Waals surface area contributed by atoms with E-state index in [9.17, 15) is 4.79 Å². The lowest BCUT2D eigenvalue weighted by atomic mass is 9.97. The van der Waals surface area contributed by atoms with Gasteiger partial charge in [-0.1, -0.05) is 23.9 Å².